The molecule has 0 aliphatic rings. The molecule has 120 valence electrons. The van der Waals surface area contributed by atoms with Crippen LogP contribution < -0.4 is 11.1 Å². The molecule has 10 nitrogen and oxygen atoms in total. The highest BCUT2D eigenvalue weighted by molar-refractivity contribution is 7.46. The topological polar surface area (TPSA) is 173 Å². The van der Waals surface area contributed by atoms with Crippen LogP contribution in [0.15, 0.2) is 0 Å². The molecule has 0 aromatic carbocycles. The maximum atomic E-state index is 11.7. The predicted octanol–water partition coefficient (Wildman–Crippen LogP) is -1.61. The van der Waals surface area contributed by atoms with Crippen LogP contribution in [0.3, 0.4) is 0 Å². The molecule has 0 saturated heterocycles. The van der Waals surface area contributed by atoms with E-state index in [1.807, 2.05) is 0 Å². The summed E-state index contributed by atoms with van der Waals surface area (Å²) in [6.07, 6.45) is -1.10. The maximum Gasteiger partial charge on any atom is 0.469 e. The summed E-state index contributed by atoms with van der Waals surface area (Å²) < 4.78 is 14.8. The van der Waals surface area contributed by atoms with Gasteiger partial charge in [-0.15, -0.1) is 0 Å². The van der Waals surface area contributed by atoms with Gasteiger partial charge in [0.25, 0.3) is 0 Å². The van der Waals surface area contributed by atoms with Crippen LogP contribution in [0.2, 0.25) is 0 Å². The van der Waals surface area contributed by atoms with Crippen molar-refractivity contribution >= 4 is 31.2 Å². The highest BCUT2D eigenvalue weighted by atomic mass is 31.2. The lowest BCUT2D eigenvalue weighted by molar-refractivity contribution is -0.132. The quantitative estimate of drug-likeness (QED) is 0.274. The number of carbonyl (C=O) groups excluding carboxylic acids is 4. The molecule has 0 saturated carbocycles. The first-order valence-electron chi connectivity index (χ1n) is 5.81. The van der Waals surface area contributed by atoms with E-state index >= 15 is 0 Å². The van der Waals surface area contributed by atoms with Gasteiger partial charge in [-0.05, 0) is 6.92 Å². The molecule has 0 bridgehead atoms. The molecule has 2 amide bonds. The Morgan fingerprint density at radius 2 is 1.81 bits per heavy atom. The van der Waals surface area contributed by atoms with Crippen LogP contribution in [-0.2, 0) is 28.3 Å². The number of nitrogens with one attached hydrogen (secondary N) is 1. The van der Waals surface area contributed by atoms with E-state index in [-0.39, 0.29) is 12.8 Å². The van der Waals surface area contributed by atoms with E-state index in [1.54, 1.807) is 0 Å². The number of phosphoric acid groups is 1. The van der Waals surface area contributed by atoms with Crippen molar-refractivity contribution in [2.24, 2.45) is 5.73 Å². The molecule has 0 aromatic rings. The third-order valence-corrected chi connectivity index (χ3v) is 2.65. The zero-order valence-electron chi connectivity index (χ0n) is 11.3. The molecule has 0 rings (SSSR count). The predicted molar refractivity (Wildman–Crippen MR) is 68.7 cm³/mol. The molecule has 0 aliphatic heterocycles. The van der Waals surface area contributed by atoms with Crippen molar-refractivity contribution in [2.75, 3.05) is 6.61 Å². The Balaban J connectivity index is 4.70. The zero-order chi connectivity index (χ0) is 16.6. The SMILES string of the molecule is CC(=O)CC(=O)N[C@@H](COP(=O)(O)O)C(=O)CCC(N)=O. The number of nitrogens with two attached hydrogens (primary N) is 1. The summed E-state index contributed by atoms with van der Waals surface area (Å²) in [6.45, 7) is 0.376. The number of carbonyl (C=O) groups is 4. The fourth-order valence-corrected chi connectivity index (χ4v) is 1.62. The van der Waals surface area contributed by atoms with Gasteiger partial charge < -0.3 is 20.8 Å². The van der Waals surface area contributed by atoms with Gasteiger partial charge in [0.05, 0.1) is 13.0 Å². The number of Topliss-reactive ketones (excluding diaryl/α,β-unsaturated/α-hetero) is 2. The van der Waals surface area contributed by atoms with Crippen molar-refractivity contribution < 1.29 is 38.1 Å². The largest absolute Gasteiger partial charge is 0.469 e. The minimum absolute atomic E-state index is 0.284. The van der Waals surface area contributed by atoms with Gasteiger partial charge in [-0.2, -0.15) is 0 Å². The van der Waals surface area contributed by atoms with E-state index in [1.165, 1.54) is 0 Å². The standard InChI is InChI=1S/C10H17N2O8P/c1-6(13)4-10(16)12-7(5-20-21(17,18)19)8(14)2-3-9(11)15/h7H,2-5H2,1H3,(H2,11,15)(H,12,16)(H2,17,18,19)/t7-/m0/s1. The Morgan fingerprint density at radius 1 is 1.24 bits per heavy atom. The lowest BCUT2D eigenvalue weighted by atomic mass is 10.1. The zero-order valence-corrected chi connectivity index (χ0v) is 12.2. The van der Waals surface area contributed by atoms with Gasteiger partial charge in [-0.25, -0.2) is 4.57 Å². The number of hydrogen-bond acceptors (Lipinski definition) is 6. The minimum atomic E-state index is -4.83. The van der Waals surface area contributed by atoms with Crippen LogP contribution in [0.5, 0.6) is 0 Å². The second kappa shape index (κ2) is 8.63. The van der Waals surface area contributed by atoms with E-state index in [2.05, 4.69) is 9.84 Å². The monoisotopic (exact) mass is 324 g/mol. The van der Waals surface area contributed by atoms with E-state index in [4.69, 9.17) is 15.5 Å². The number of hydrogen-bond donors (Lipinski definition) is 4. The van der Waals surface area contributed by atoms with E-state index in [0.717, 1.165) is 6.92 Å². The Morgan fingerprint density at radius 3 is 2.24 bits per heavy atom. The number of primary amides is 1. The third-order valence-electron chi connectivity index (χ3n) is 2.16. The highest BCUT2D eigenvalue weighted by Crippen LogP contribution is 2.35. The Kier molecular flexibility index (Phi) is 7.97. The van der Waals surface area contributed by atoms with Crippen molar-refractivity contribution in [3.63, 3.8) is 0 Å². The van der Waals surface area contributed by atoms with Gasteiger partial charge in [0.1, 0.15) is 11.8 Å². The number of rotatable bonds is 10. The Hall–Kier alpha value is -1.61. The van der Waals surface area contributed by atoms with Crippen LogP contribution in [0.4, 0.5) is 0 Å². The van der Waals surface area contributed by atoms with Gasteiger partial charge in [0.15, 0.2) is 5.78 Å². The van der Waals surface area contributed by atoms with Crippen molar-refractivity contribution in [2.45, 2.75) is 32.2 Å². The lowest BCUT2D eigenvalue weighted by Crippen LogP contribution is -2.44. The third kappa shape index (κ3) is 10.8. The summed E-state index contributed by atoms with van der Waals surface area (Å²) in [6, 6.07) is -1.39. The molecule has 0 spiro atoms. The van der Waals surface area contributed by atoms with Gasteiger partial charge >= 0.3 is 7.82 Å². The Bertz CT molecular complexity index is 472. The van der Waals surface area contributed by atoms with Crippen molar-refractivity contribution in [1.82, 2.24) is 5.32 Å². The van der Waals surface area contributed by atoms with E-state index < -0.39 is 50.3 Å². The first kappa shape index (κ1) is 19.4. The van der Waals surface area contributed by atoms with Gasteiger partial charge in [0.2, 0.25) is 11.8 Å². The molecule has 5 N–H and O–H groups in total. The average molecular weight is 324 g/mol. The summed E-state index contributed by atoms with van der Waals surface area (Å²) >= 11 is 0. The van der Waals surface area contributed by atoms with E-state index in [9.17, 15) is 23.7 Å². The second-order valence-corrected chi connectivity index (χ2v) is 5.46. The van der Waals surface area contributed by atoms with Crippen molar-refractivity contribution in [3.8, 4) is 0 Å². The van der Waals surface area contributed by atoms with Gasteiger partial charge in [-0.1, -0.05) is 0 Å². The molecule has 0 fully saturated rings. The average Bonchev–Trinajstić information content (AvgIpc) is 2.29. The summed E-state index contributed by atoms with van der Waals surface area (Å²) in [7, 11) is -4.83. The molecular weight excluding hydrogens is 307 g/mol. The summed E-state index contributed by atoms with van der Waals surface area (Å²) in [4.78, 5) is 61.7. The first-order chi connectivity index (χ1) is 9.51. The Labute approximate surface area is 120 Å². The molecule has 0 aliphatic carbocycles. The van der Waals surface area contributed by atoms with Crippen LogP contribution in [0, 0.1) is 0 Å². The number of phosphoric ester groups is 1. The molecule has 0 unspecified atom stereocenters. The van der Waals surface area contributed by atoms with Crippen LogP contribution in [-0.4, -0.2) is 45.8 Å². The second-order valence-electron chi connectivity index (χ2n) is 4.22. The van der Waals surface area contributed by atoms with Crippen molar-refractivity contribution in [1.29, 1.82) is 0 Å². The summed E-state index contributed by atoms with van der Waals surface area (Å²) in [5.74, 6) is -2.69. The maximum absolute atomic E-state index is 11.7. The fraction of sp³-hybridized carbons (Fsp3) is 0.600. The molecule has 1 atom stereocenters. The summed E-state index contributed by atoms with van der Waals surface area (Å²) in [5, 5.41) is 2.11. The first-order valence-corrected chi connectivity index (χ1v) is 7.34. The fourth-order valence-electron chi connectivity index (χ4n) is 1.28. The van der Waals surface area contributed by atoms with Gasteiger partial charge in [-0.3, -0.25) is 23.7 Å². The molecule has 0 heterocycles. The van der Waals surface area contributed by atoms with E-state index in [0.29, 0.717) is 0 Å². The molecule has 11 heteroatoms. The van der Waals surface area contributed by atoms with Crippen LogP contribution in [0.25, 0.3) is 0 Å². The smallest absolute Gasteiger partial charge is 0.370 e. The number of amides is 2. The molecular formula is C10H17N2O8P. The number of ketones is 2. The molecule has 0 aromatic heterocycles. The molecule has 0 radical (unpaired) electrons. The van der Waals surface area contributed by atoms with Crippen LogP contribution in [0.1, 0.15) is 26.2 Å². The molecule has 21 heavy (non-hydrogen) atoms. The minimum Gasteiger partial charge on any atom is -0.370 e. The summed E-state index contributed by atoms with van der Waals surface area (Å²) in [5.41, 5.74) is 4.87. The van der Waals surface area contributed by atoms with Crippen molar-refractivity contribution in [3.05, 3.63) is 0 Å². The van der Waals surface area contributed by atoms with Crippen LogP contribution >= 0.6 is 7.82 Å². The lowest BCUT2D eigenvalue weighted by Gasteiger charge is -2.17. The normalized spacial score (nSPS) is 12.5. The van der Waals surface area contributed by atoms with Gasteiger partial charge in [0, 0.05) is 12.8 Å². The highest BCUT2D eigenvalue weighted by Gasteiger charge is 2.25.